The van der Waals surface area contributed by atoms with Gasteiger partial charge >= 0.3 is 0 Å². The van der Waals surface area contributed by atoms with Crippen LogP contribution in [0.2, 0.25) is 0 Å². The van der Waals surface area contributed by atoms with Gasteiger partial charge in [-0.05, 0) is 101 Å². The predicted molar refractivity (Wildman–Crippen MR) is 233 cm³/mol. The zero-order valence-electron chi connectivity index (χ0n) is 34.7. The topological polar surface area (TPSA) is 13.1 Å². The SMILES string of the molecule is [2H]c1c([2H])c([2H])c(-c2c3ccccc3c(-c3cccc4c(-c5c(-c6cccc(-c7ccccc7)c6)ccc6oc7ccccc7c56)cccc34)c3ccccc23)c([2H])c1[2H]. The Morgan fingerprint density at radius 3 is 1.53 bits per heavy atom. The lowest BCUT2D eigenvalue weighted by Gasteiger charge is -2.20. The summed E-state index contributed by atoms with van der Waals surface area (Å²) in [5.41, 5.74) is 11.2. The molecule has 10 aromatic carbocycles. The fourth-order valence-electron chi connectivity index (χ4n) is 8.64. The van der Waals surface area contributed by atoms with E-state index >= 15 is 0 Å². The van der Waals surface area contributed by atoms with E-state index in [1.54, 1.807) is 0 Å². The molecule has 55 heavy (non-hydrogen) atoms. The Morgan fingerprint density at radius 1 is 0.309 bits per heavy atom. The molecule has 0 saturated heterocycles. The number of fused-ring (bicyclic) bond motifs is 6. The number of hydrogen-bond acceptors (Lipinski definition) is 1. The Kier molecular flexibility index (Phi) is 6.14. The molecule has 1 heterocycles. The second-order valence-corrected chi connectivity index (χ2v) is 14.0. The minimum atomic E-state index is -0.406. The van der Waals surface area contributed by atoms with Crippen molar-refractivity contribution in [2.24, 2.45) is 0 Å². The maximum atomic E-state index is 9.01. The molecule has 0 N–H and O–H groups in total. The number of furan rings is 1. The van der Waals surface area contributed by atoms with E-state index in [1.165, 1.54) is 0 Å². The van der Waals surface area contributed by atoms with Crippen LogP contribution in [-0.2, 0) is 0 Å². The van der Waals surface area contributed by atoms with Gasteiger partial charge in [0.1, 0.15) is 11.2 Å². The van der Waals surface area contributed by atoms with Crippen molar-refractivity contribution in [3.8, 4) is 55.6 Å². The third kappa shape index (κ3) is 5.01. The molecule has 0 atom stereocenters. The highest BCUT2D eigenvalue weighted by atomic mass is 16.3. The fraction of sp³-hybridized carbons (Fsp3) is 0. The molecule has 256 valence electrons. The van der Waals surface area contributed by atoms with Gasteiger partial charge in [0.15, 0.2) is 0 Å². The zero-order valence-corrected chi connectivity index (χ0v) is 29.7. The molecule has 0 aliphatic heterocycles. The van der Waals surface area contributed by atoms with E-state index in [1.807, 2.05) is 54.6 Å². The standard InChI is InChI=1S/C54H34O/c1-3-16-35(17-4-1)37-20-13-21-38(34-37)39-32-33-50-54(48-26-11-12-31-49(48)55-50)53(39)43-30-15-27-40-41(43)28-14-29-42(40)52-46-24-9-7-22-44(46)51(36-18-5-2-6-19-36)45-23-8-10-25-47(45)52/h1-34H/i2D,5D,6D,18D,19D. The van der Waals surface area contributed by atoms with E-state index in [0.29, 0.717) is 5.56 Å². The normalized spacial score (nSPS) is 12.9. The van der Waals surface area contributed by atoms with Crippen molar-refractivity contribution in [3.63, 3.8) is 0 Å². The Morgan fingerprint density at radius 2 is 0.836 bits per heavy atom. The molecule has 0 aliphatic rings. The summed E-state index contributed by atoms with van der Waals surface area (Å²) in [6.07, 6.45) is 0. The highest BCUT2D eigenvalue weighted by Gasteiger charge is 2.22. The second kappa shape index (κ2) is 12.7. The summed E-state index contributed by atoms with van der Waals surface area (Å²) in [7, 11) is 0. The smallest absolute Gasteiger partial charge is 0.136 e. The monoisotopic (exact) mass is 703 g/mol. The third-order valence-corrected chi connectivity index (χ3v) is 11.0. The van der Waals surface area contributed by atoms with Crippen molar-refractivity contribution in [3.05, 3.63) is 206 Å². The van der Waals surface area contributed by atoms with Crippen LogP contribution in [-0.4, -0.2) is 0 Å². The van der Waals surface area contributed by atoms with Gasteiger partial charge in [0, 0.05) is 16.3 Å². The summed E-state index contributed by atoms with van der Waals surface area (Å²) >= 11 is 0. The first-order valence-corrected chi connectivity index (χ1v) is 18.5. The average molecular weight is 704 g/mol. The van der Waals surface area contributed by atoms with Crippen LogP contribution >= 0.6 is 0 Å². The van der Waals surface area contributed by atoms with Gasteiger partial charge in [0.2, 0.25) is 0 Å². The van der Waals surface area contributed by atoms with Gasteiger partial charge in [-0.25, -0.2) is 0 Å². The highest BCUT2D eigenvalue weighted by Crippen LogP contribution is 2.49. The predicted octanol–water partition coefficient (Wildman–Crippen LogP) is 15.4. The van der Waals surface area contributed by atoms with E-state index in [0.717, 1.165) is 98.8 Å². The quantitative estimate of drug-likeness (QED) is 0.163. The van der Waals surface area contributed by atoms with Gasteiger partial charge in [0.25, 0.3) is 0 Å². The number of para-hydroxylation sites is 1. The van der Waals surface area contributed by atoms with Crippen LogP contribution in [0.1, 0.15) is 6.85 Å². The second-order valence-electron chi connectivity index (χ2n) is 14.0. The van der Waals surface area contributed by atoms with Crippen molar-refractivity contribution < 1.29 is 11.3 Å². The van der Waals surface area contributed by atoms with E-state index in [2.05, 4.69) is 121 Å². The summed E-state index contributed by atoms with van der Waals surface area (Å²) in [5.74, 6) is 0. The summed E-state index contributed by atoms with van der Waals surface area (Å²) in [4.78, 5) is 0. The summed E-state index contributed by atoms with van der Waals surface area (Å²) < 4.78 is 49.9. The first-order chi connectivity index (χ1) is 29.4. The minimum Gasteiger partial charge on any atom is -0.456 e. The van der Waals surface area contributed by atoms with Gasteiger partial charge in [-0.2, -0.15) is 0 Å². The molecule has 0 fully saturated rings. The molecule has 0 unspecified atom stereocenters. The van der Waals surface area contributed by atoms with Gasteiger partial charge < -0.3 is 4.42 Å². The van der Waals surface area contributed by atoms with E-state index in [9.17, 15) is 0 Å². The summed E-state index contributed by atoms with van der Waals surface area (Å²) in [6.45, 7) is 0. The Labute approximate surface area is 326 Å². The molecule has 0 saturated carbocycles. The highest BCUT2D eigenvalue weighted by molar-refractivity contribution is 6.25. The molecule has 0 aliphatic carbocycles. The van der Waals surface area contributed by atoms with E-state index in [-0.39, 0.29) is 29.7 Å². The maximum absolute atomic E-state index is 9.01. The van der Waals surface area contributed by atoms with Crippen LogP contribution in [0.5, 0.6) is 0 Å². The molecule has 1 heteroatoms. The largest absolute Gasteiger partial charge is 0.456 e. The van der Waals surface area contributed by atoms with Crippen molar-refractivity contribution in [1.82, 2.24) is 0 Å². The Balaban J connectivity index is 1.22. The van der Waals surface area contributed by atoms with Crippen LogP contribution in [0, 0.1) is 0 Å². The molecule has 0 radical (unpaired) electrons. The van der Waals surface area contributed by atoms with Crippen molar-refractivity contribution in [2.45, 2.75) is 0 Å². The molecule has 0 amide bonds. The molecule has 11 aromatic rings. The molecule has 0 bridgehead atoms. The Bertz CT molecular complexity index is 3460. The van der Waals surface area contributed by atoms with Gasteiger partial charge in [-0.1, -0.05) is 188 Å². The molecule has 1 nitrogen and oxygen atoms in total. The summed E-state index contributed by atoms with van der Waals surface area (Å²) in [6, 6.07) is 59.3. The van der Waals surface area contributed by atoms with Crippen LogP contribution in [0.25, 0.3) is 110 Å². The number of hydrogen-bond donors (Lipinski definition) is 0. The third-order valence-electron chi connectivity index (χ3n) is 11.0. The van der Waals surface area contributed by atoms with Crippen LogP contribution in [0.4, 0.5) is 0 Å². The van der Waals surface area contributed by atoms with Crippen molar-refractivity contribution in [1.29, 1.82) is 0 Å². The first kappa shape index (κ1) is 26.5. The molecule has 11 rings (SSSR count). The van der Waals surface area contributed by atoms with Crippen molar-refractivity contribution >= 4 is 54.3 Å². The average Bonchev–Trinajstić information content (AvgIpc) is 3.69. The molecule has 0 spiro atoms. The fourth-order valence-corrected chi connectivity index (χ4v) is 8.64. The lowest BCUT2D eigenvalue weighted by atomic mass is 9.83. The lowest BCUT2D eigenvalue weighted by molar-refractivity contribution is 0.669. The number of rotatable bonds is 5. The minimum absolute atomic E-state index is 0.199. The van der Waals surface area contributed by atoms with Crippen LogP contribution in [0.3, 0.4) is 0 Å². The van der Waals surface area contributed by atoms with Gasteiger partial charge in [0.05, 0.1) is 6.85 Å². The lowest BCUT2D eigenvalue weighted by Crippen LogP contribution is -1.93. The van der Waals surface area contributed by atoms with Crippen LogP contribution < -0.4 is 0 Å². The maximum Gasteiger partial charge on any atom is 0.136 e. The molecular formula is C54H34O. The van der Waals surface area contributed by atoms with Crippen LogP contribution in [0.15, 0.2) is 211 Å². The zero-order chi connectivity index (χ0) is 40.6. The van der Waals surface area contributed by atoms with E-state index in [4.69, 9.17) is 11.3 Å². The Hall–Kier alpha value is -7.22. The van der Waals surface area contributed by atoms with Crippen molar-refractivity contribution in [2.75, 3.05) is 0 Å². The molecular weight excluding hydrogens is 665 g/mol. The molecule has 1 aromatic heterocycles. The summed E-state index contributed by atoms with van der Waals surface area (Å²) in [5, 5.41) is 7.74. The number of benzene rings is 10. The first-order valence-electron chi connectivity index (χ1n) is 21.0. The van der Waals surface area contributed by atoms with Gasteiger partial charge in [-0.15, -0.1) is 0 Å². The van der Waals surface area contributed by atoms with Gasteiger partial charge in [-0.3, -0.25) is 0 Å². The van der Waals surface area contributed by atoms with E-state index < -0.39 is 6.04 Å².